The van der Waals surface area contributed by atoms with Gasteiger partial charge in [0, 0.05) is 12.5 Å². The number of rotatable bonds is 18. The molecule has 0 fully saturated rings. The number of hydrogen-bond acceptors (Lipinski definition) is 6. The zero-order valence-corrected chi connectivity index (χ0v) is 18.8. The van der Waals surface area contributed by atoms with E-state index >= 15 is 0 Å². The van der Waals surface area contributed by atoms with Gasteiger partial charge in [-0.05, 0) is 18.6 Å². The molecule has 0 saturated carbocycles. The van der Waals surface area contributed by atoms with Crippen LogP contribution >= 0.6 is 0 Å². The Morgan fingerprint density at radius 1 is 1.00 bits per heavy atom. The highest BCUT2D eigenvalue weighted by Crippen LogP contribution is 2.22. The second-order valence-electron chi connectivity index (χ2n) is 7.16. The minimum absolute atomic E-state index is 0.000683. The molecule has 178 valence electrons. The van der Waals surface area contributed by atoms with Gasteiger partial charge < -0.3 is 29.5 Å². The van der Waals surface area contributed by atoms with Crippen molar-refractivity contribution >= 4 is 5.97 Å². The molecule has 1 unspecified atom stereocenters. The third-order valence-electron chi connectivity index (χ3n) is 4.33. The van der Waals surface area contributed by atoms with Crippen LogP contribution in [0.2, 0.25) is 0 Å². The molecule has 0 aromatic heterocycles. The maximum absolute atomic E-state index is 10.9. The smallest absolute Gasteiger partial charge is 0.327 e. The van der Waals surface area contributed by atoms with Crippen LogP contribution in [0.1, 0.15) is 58.3 Å². The van der Waals surface area contributed by atoms with E-state index in [2.05, 4.69) is 13.5 Å². The van der Waals surface area contributed by atoms with Gasteiger partial charge in [0.1, 0.15) is 12.4 Å². The van der Waals surface area contributed by atoms with Crippen molar-refractivity contribution in [2.24, 2.45) is 0 Å². The van der Waals surface area contributed by atoms with Crippen molar-refractivity contribution in [1.29, 1.82) is 0 Å². The predicted octanol–water partition coefficient (Wildman–Crippen LogP) is 4.18. The first-order valence-corrected chi connectivity index (χ1v) is 11.1. The number of benzene rings is 1. The van der Waals surface area contributed by atoms with Gasteiger partial charge in [-0.2, -0.15) is 0 Å². The molecule has 0 aliphatic carbocycles. The van der Waals surface area contributed by atoms with Crippen molar-refractivity contribution in [3.8, 4) is 5.75 Å². The number of carbonyl (C=O) groups is 1. The first-order chi connectivity index (χ1) is 15.0. The number of hydrogen-bond donors (Lipinski definition) is 3. The lowest BCUT2D eigenvalue weighted by Gasteiger charge is -2.29. The number of ether oxygens (including phenoxy) is 3. The van der Waals surface area contributed by atoms with Gasteiger partial charge in [-0.3, -0.25) is 0 Å². The van der Waals surface area contributed by atoms with E-state index in [4.69, 9.17) is 24.4 Å². The van der Waals surface area contributed by atoms with Crippen molar-refractivity contribution in [3.05, 3.63) is 43.0 Å². The van der Waals surface area contributed by atoms with Gasteiger partial charge in [-0.1, -0.05) is 70.2 Å². The fraction of sp³-hybridized carbons (Fsp3) is 0.625. The molecule has 7 heteroatoms. The normalized spacial score (nSPS) is 12.4. The van der Waals surface area contributed by atoms with Gasteiger partial charge in [-0.25, -0.2) is 4.79 Å². The largest absolute Gasteiger partial charge is 0.478 e. The summed E-state index contributed by atoms with van der Waals surface area (Å²) in [4.78, 5) is 9.25. The number of carboxylic acids is 1. The zero-order chi connectivity index (χ0) is 23.2. The molecular weight excluding hydrogens is 400 g/mol. The van der Waals surface area contributed by atoms with Crippen LogP contribution in [-0.2, 0) is 14.3 Å². The van der Waals surface area contributed by atoms with Crippen molar-refractivity contribution in [2.45, 2.75) is 64.1 Å². The summed E-state index contributed by atoms with van der Waals surface area (Å²) in [6.07, 6.45) is 9.65. The van der Waals surface area contributed by atoms with Crippen molar-refractivity contribution in [2.75, 3.05) is 33.0 Å². The summed E-state index contributed by atoms with van der Waals surface area (Å²) in [5, 5.41) is 27.2. The van der Waals surface area contributed by atoms with Gasteiger partial charge >= 0.3 is 5.97 Å². The molecule has 0 heterocycles. The van der Waals surface area contributed by atoms with Crippen molar-refractivity contribution in [3.63, 3.8) is 0 Å². The van der Waals surface area contributed by atoms with Gasteiger partial charge in [0.15, 0.2) is 0 Å². The Labute approximate surface area is 186 Å². The van der Waals surface area contributed by atoms with Crippen LogP contribution in [0, 0.1) is 0 Å². The molecule has 1 rings (SSSR count). The molecule has 0 radical (unpaired) electrons. The Kier molecular flexibility index (Phi) is 18.8. The Hall–Kier alpha value is -1.93. The Bertz CT molecular complexity index is 550. The third kappa shape index (κ3) is 18.5. The van der Waals surface area contributed by atoms with Crippen LogP contribution in [0.4, 0.5) is 0 Å². The van der Waals surface area contributed by atoms with E-state index in [-0.39, 0.29) is 13.2 Å². The zero-order valence-electron chi connectivity index (χ0n) is 18.8. The van der Waals surface area contributed by atoms with E-state index in [1.54, 1.807) is 0 Å². The SMILES string of the molecule is C=CC(=O)O.CCCCCCCCCC(O)(COCCOCCO)Oc1ccccc1. The Balaban J connectivity index is 0.00000161. The first kappa shape index (κ1) is 29.1. The summed E-state index contributed by atoms with van der Waals surface area (Å²) >= 11 is 0. The lowest BCUT2D eigenvalue weighted by molar-refractivity contribution is -0.185. The molecule has 0 spiro atoms. The van der Waals surface area contributed by atoms with Gasteiger partial charge in [-0.15, -0.1) is 0 Å². The summed E-state index contributed by atoms with van der Waals surface area (Å²) in [6, 6.07) is 9.34. The number of aliphatic hydroxyl groups excluding tert-OH is 1. The summed E-state index contributed by atoms with van der Waals surface area (Å²) in [5.74, 6) is -1.68. The molecule has 0 aliphatic heterocycles. The van der Waals surface area contributed by atoms with Crippen LogP contribution in [0.15, 0.2) is 43.0 Å². The van der Waals surface area contributed by atoms with Gasteiger partial charge in [0.25, 0.3) is 0 Å². The van der Waals surface area contributed by atoms with Gasteiger partial charge in [0.2, 0.25) is 5.79 Å². The van der Waals surface area contributed by atoms with E-state index in [0.717, 1.165) is 18.9 Å². The molecule has 7 nitrogen and oxygen atoms in total. The number of unbranched alkanes of at least 4 members (excludes halogenated alkanes) is 6. The maximum Gasteiger partial charge on any atom is 0.327 e. The molecule has 3 N–H and O–H groups in total. The van der Waals surface area contributed by atoms with Crippen LogP contribution in [0.25, 0.3) is 0 Å². The summed E-state index contributed by atoms with van der Waals surface area (Å²) < 4.78 is 16.5. The van der Waals surface area contributed by atoms with E-state index in [0.29, 0.717) is 32.0 Å². The summed E-state index contributed by atoms with van der Waals surface area (Å²) in [7, 11) is 0. The minimum atomic E-state index is -1.33. The highest BCUT2D eigenvalue weighted by molar-refractivity contribution is 5.78. The fourth-order valence-corrected chi connectivity index (χ4v) is 2.74. The molecule has 1 atom stereocenters. The van der Waals surface area contributed by atoms with Crippen LogP contribution in [0.5, 0.6) is 5.75 Å². The average molecular weight is 441 g/mol. The highest BCUT2D eigenvalue weighted by atomic mass is 16.7. The lowest BCUT2D eigenvalue weighted by Crippen LogP contribution is -2.41. The first-order valence-electron chi connectivity index (χ1n) is 11.1. The molecule has 0 amide bonds. The van der Waals surface area contributed by atoms with E-state index < -0.39 is 11.8 Å². The van der Waals surface area contributed by atoms with Gasteiger partial charge in [0.05, 0.1) is 26.4 Å². The number of aliphatic carboxylic acids is 1. The lowest BCUT2D eigenvalue weighted by atomic mass is 10.0. The van der Waals surface area contributed by atoms with E-state index in [1.807, 2.05) is 30.3 Å². The molecule has 0 saturated heterocycles. The summed E-state index contributed by atoms with van der Waals surface area (Å²) in [6.45, 7) is 6.32. The molecule has 0 bridgehead atoms. The second kappa shape index (κ2) is 20.0. The monoisotopic (exact) mass is 440 g/mol. The molecular formula is C24H40O7. The van der Waals surface area contributed by atoms with Crippen LogP contribution < -0.4 is 4.74 Å². The average Bonchev–Trinajstić information content (AvgIpc) is 2.76. The molecule has 31 heavy (non-hydrogen) atoms. The van der Waals surface area contributed by atoms with Crippen molar-refractivity contribution < 1.29 is 34.3 Å². The Morgan fingerprint density at radius 2 is 1.58 bits per heavy atom. The Morgan fingerprint density at radius 3 is 2.16 bits per heavy atom. The molecule has 1 aromatic carbocycles. The topological polar surface area (TPSA) is 105 Å². The standard InChI is InChI=1S/C21H36O5.C3H4O2/c1-2-3-4-5-6-7-11-14-21(23,19-25-18-17-24-16-15-22)26-20-12-9-8-10-13-20;1-2-3(4)5/h8-10,12-13,22-23H,2-7,11,14-19H2,1H3;2H,1H2,(H,4,5). The molecule has 0 aliphatic rings. The molecule has 1 aromatic rings. The van der Waals surface area contributed by atoms with E-state index in [1.165, 1.54) is 32.1 Å². The van der Waals surface area contributed by atoms with Crippen LogP contribution in [0.3, 0.4) is 0 Å². The summed E-state index contributed by atoms with van der Waals surface area (Å²) in [5.41, 5.74) is 0. The van der Waals surface area contributed by atoms with E-state index in [9.17, 15) is 9.90 Å². The minimum Gasteiger partial charge on any atom is -0.478 e. The maximum atomic E-state index is 10.9. The number of aliphatic hydroxyl groups is 2. The number of carboxylic acid groups (broad SMARTS) is 1. The second-order valence-corrected chi connectivity index (χ2v) is 7.16. The van der Waals surface area contributed by atoms with Crippen LogP contribution in [-0.4, -0.2) is 60.1 Å². The third-order valence-corrected chi connectivity index (χ3v) is 4.33. The van der Waals surface area contributed by atoms with Crippen molar-refractivity contribution in [1.82, 2.24) is 0 Å². The quantitative estimate of drug-likeness (QED) is 0.179. The predicted molar refractivity (Wildman–Crippen MR) is 121 cm³/mol. The highest BCUT2D eigenvalue weighted by Gasteiger charge is 2.29. The number of para-hydroxylation sites is 1. The fourth-order valence-electron chi connectivity index (χ4n) is 2.74.